The Balaban J connectivity index is 0.000000908. The molecule has 0 amide bonds. The SMILES string of the molecule is CC(CO)C(=O)O.Cc1cc(CN)c(OCc2cncc(C#N)c2)cc1OCc1cccc(-c2cccc(OCCCN3CCC(O)(C(=O)O)CC3)c2Cl)c1C. The lowest BCUT2D eigenvalue weighted by atomic mass is 9.91. The van der Waals surface area contributed by atoms with Crippen LogP contribution in [0, 0.1) is 31.1 Å². The molecule has 1 atom stereocenters. The quantitative estimate of drug-likeness (QED) is 0.0841. The summed E-state index contributed by atoms with van der Waals surface area (Å²) in [5.74, 6) is -0.849. The zero-order valence-corrected chi connectivity index (χ0v) is 32.6. The molecule has 1 aliphatic rings. The van der Waals surface area contributed by atoms with Gasteiger partial charge < -0.3 is 45.3 Å². The number of aromatic nitrogens is 1. The van der Waals surface area contributed by atoms with Gasteiger partial charge in [-0.25, -0.2) is 4.79 Å². The number of hydrogen-bond donors (Lipinski definition) is 5. The number of ether oxygens (including phenoxy) is 3. The average molecular weight is 789 g/mol. The Morgan fingerprint density at radius 2 is 1.66 bits per heavy atom. The molecule has 0 spiro atoms. The molecule has 1 fully saturated rings. The molecule has 56 heavy (non-hydrogen) atoms. The van der Waals surface area contributed by atoms with E-state index in [4.69, 9.17) is 41.8 Å². The van der Waals surface area contributed by atoms with Crippen molar-refractivity contribution in [2.45, 2.75) is 65.4 Å². The second-order valence-electron chi connectivity index (χ2n) is 13.7. The zero-order chi connectivity index (χ0) is 40.8. The number of aliphatic hydroxyl groups is 2. The molecule has 14 heteroatoms. The van der Waals surface area contributed by atoms with Crippen molar-refractivity contribution < 1.29 is 44.2 Å². The highest BCUT2D eigenvalue weighted by Crippen LogP contribution is 2.38. The molecule has 0 bridgehead atoms. The number of pyridine rings is 1. The molecule has 0 radical (unpaired) electrons. The Kier molecular flexibility index (Phi) is 16.0. The summed E-state index contributed by atoms with van der Waals surface area (Å²) in [4.78, 5) is 27.3. The highest BCUT2D eigenvalue weighted by molar-refractivity contribution is 6.34. The summed E-state index contributed by atoms with van der Waals surface area (Å²) in [6, 6.07) is 19.5. The van der Waals surface area contributed by atoms with Crippen LogP contribution in [0.15, 0.2) is 67.0 Å². The van der Waals surface area contributed by atoms with Gasteiger partial charge in [-0.1, -0.05) is 41.9 Å². The van der Waals surface area contributed by atoms with Crippen molar-refractivity contribution in [3.05, 3.63) is 105 Å². The minimum absolute atomic E-state index is 0.217. The van der Waals surface area contributed by atoms with Crippen molar-refractivity contribution in [3.63, 3.8) is 0 Å². The molecule has 5 rings (SSSR count). The monoisotopic (exact) mass is 788 g/mol. The summed E-state index contributed by atoms with van der Waals surface area (Å²) < 4.78 is 18.5. The number of aliphatic carboxylic acids is 2. The highest BCUT2D eigenvalue weighted by Gasteiger charge is 2.39. The van der Waals surface area contributed by atoms with Crippen LogP contribution in [0.5, 0.6) is 17.2 Å². The standard InChI is InChI=1S/C38H41ClN4O6.C4H8O3/c1-25-16-30(20-41)35(48-23-28-17-27(19-40)21-42-22-28)18-34(25)49-24-29-6-3-7-31(26(29)2)32-8-4-9-33(36(32)39)47-15-5-12-43-13-10-38(46,11-14-43)37(44)45;1-3(2-5)4(6)7/h3-4,6-9,16-18,21-22,46H,5,10-15,20,23-24,41H2,1-2H3,(H,44,45);3,5H,2H2,1H3,(H,6,7). The number of nitriles is 1. The molecule has 3 aromatic carbocycles. The fourth-order valence-corrected chi connectivity index (χ4v) is 6.28. The molecular weight excluding hydrogens is 740 g/mol. The number of halogens is 1. The largest absolute Gasteiger partial charge is 0.492 e. The van der Waals surface area contributed by atoms with Gasteiger partial charge in [-0.05, 0) is 80.5 Å². The maximum atomic E-state index is 11.3. The number of piperidine rings is 1. The van der Waals surface area contributed by atoms with Crippen LogP contribution in [0.2, 0.25) is 5.02 Å². The van der Waals surface area contributed by atoms with Gasteiger partial charge in [0.2, 0.25) is 0 Å². The van der Waals surface area contributed by atoms with Crippen LogP contribution in [0.1, 0.15) is 59.6 Å². The van der Waals surface area contributed by atoms with Gasteiger partial charge in [0.1, 0.15) is 36.5 Å². The van der Waals surface area contributed by atoms with Crippen LogP contribution in [-0.4, -0.2) is 80.7 Å². The van der Waals surface area contributed by atoms with E-state index in [-0.39, 0.29) is 26.1 Å². The number of benzene rings is 3. The summed E-state index contributed by atoms with van der Waals surface area (Å²) in [5, 5.41) is 45.3. The minimum atomic E-state index is -1.62. The zero-order valence-electron chi connectivity index (χ0n) is 31.8. The maximum absolute atomic E-state index is 11.3. The van der Waals surface area contributed by atoms with Crippen LogP contribution in [0.25, 0.3) is 11.1 Å². The van der Waals surface area contributed by atoms with E-state index < -0.39 is 23.5 Å². The number of carboxylic acid groups (broad SMARTS) is 2. The summed E-state index contributed by atoms with van der Waals surface area (Å²) in [7, 11) is 0. The van der Waals surface area contributed by atoms with E-state index in [1.165, 1.54) is 13.1 Å². The summed E-state index contributed by atoms with van der Waals surface area (Å²) in [5.41, 5.74) is 11.3. The van der Waals surface area contributed by atoms with Gasteiger partial charge in [0, 0.05) is 61.3 Å². The number of carboxylic acids is 2. The lowest BCUT2D eigenvalue weighted by Gasteiger charge is -2.35. The van der Waals surface area contributed by atoms with Gasteiger partial charge in [0.05, 0.1) is 29.7 Å². The van der Waals surface area contributed by atoms with Gasteiger partial charge in [-0.2, -0.15) is 5.26 Å². The third-order valence-electron chi connectivity index (χ3n) is 9.63. The van der Waals surface area contributed by atoms with E-state index in [1.54, 1.807) is 12.3 Å². The summed E-state index contributed by atoms with van der Waals surface area (Å²) in [6.45, 7) is 8.30. The van der Waals surface area contributed by atoms with Crippen LogP contribution in [-0.2, 0) is 29.3 Å². The van der Waals surface area contributed by atoms with E-state index in [0.29, 0.717) is 60.7 Å². The third-order valence-corrected chi connectivity index (χ3v) is 10.0. The Hall–Kier alpha value is -5.23. The van der Waals surface area contributed by atoms with Crippen molar-refractivity contribution in [1.82, 2.24) is 9.88 Å². The van der Waals surface area contributed by atoms with E-state index in [2.05, 4.69) is 16.0 Å². The minimum Gasteiger partial charge on any atom is -0.492 e. The molecule has 4 aromatic rings. The van der Waals surface area contributed by atoms with E-state index in [0.717, 1.165) is 51.9 Å². The first kappa shape index (κ1) is 43.5. The van der Waals surface area contributed by atoms with Crippen LogP contribution < -0.4 is 19.9 Å². The molecule has 1 unspecified atom stereocenters. The van der Waals surface area contributed by atoms with E-state index >= 15 is 0 Å². The van der Waals surface area contributed by atoms with Crippen molar-refractivity contribution >= 4 is 23.5 Å². The molecule has 2 heterocycles. The topological polar surface area (TPSA) is 209 Å². The molecule has 13 nitrogen and oxygen atoms in total. The first-order valence-electron chi connectivity index (χ1n) is 18.2. The van der Waals surface area contributed by atoms with Crippen molar-refractivity contribution in [1.29, 1.82) is 5.26 Å². The summed E-state index contributed by atoms with van der Waals surface area (Å²) >= 11 is 6.89. The Morgan fingerprint density at radius 3 is 2.30 bits per heavy atom. The van der Waals surface area contributed by atoms with Crippen molar-refractivity contribution in [3.8, 4) is 34.4 Å². The molecule has 6 N–H and O–H groups in total. The predicted molar refractivity (Wildman–Crippen MR) is 211 cm³/mol. The fourth-order valence-electron chi connectivity index (χ4n) is 5.99. The average Bonchev–Trinajstić information content (AvgIpc) is 3.20. The first-order chi connectivity index (χ1) is 26.8. The molecule has 0 saturated carbocycles. The number of aliphatic hydroxyl groups excluding tert-OH is 1. The van der Waals surface area contributed by atoms with Crippen LogP contribution >= 0.6 is 11.6 Å². The Bertz CT molecular complexity index is 2010. The van der Waals surface area contributed by atoms with Gasteiger partial charge in [-0.3, -0.25) is 9.78 Å². The van der Waals surface area contributed by atoms with Crippen LogP contribution in [0.3, 0.4) is 0 Å². The molecule has 298 valence electrons. The fraction of sp³-hybridized carbons (Fsp3) is 0.381. The van der Waals surface area contributed by atoms with Gasteiger partial charge >= 0.3 is 11.9 Å². The lowest BCUT2D eigenvalue weighted by Crippen LogP contribution is -2.49. The van der Waals surface area contributed by atoms with Gasteiger partial charge in [-0.15, -0.1) is 0 Å². The molecule has 1 aromatic heterocycles. The number of rotatable bonds is 16. The predicted octanol–water partition coefficient (Wildman–Crippen LogP) is 5.89. The molecule has 1 aliphatic heterocycles. The van der Waals surface area contributed by atoms with E-state index in [1.807, 2.05) is 62.4 Å². The van der Waals surface area contributed by atoms with Crippen molar-refractivity contribution in [2.24, 2.45) is 11.7 Å². The van der Waals surface area contributed by atoms with Gasteiger partial charge in [0.15, 0.2) is 5.60 Å². The Morgan fingerprint density at radius 1 is 0.964 bits per heavy atom. The van der Waals surface area contributed by atoms with Crippen LogP contribution in [0.4, 0.5) is 0 Å². The summed E-state index contributed by atoms with van der Waals surface area (Å²) in [6.07, 6.45) is 4.35. The second kappa shape index (κ2) is 20.6. The number of aryl methyl sites for hydroxylation is 1. The second-order valence-corrected chi connectivity index (χ2v) is 14.1. The maximum Gasteiger partial charge on any atom is 0.335 e. The number of nitrogens with two attached hydrogens (primary N) is 1. The Labute approximate surface area is 331 Å². The number of hydrogen-bond acceptors (Lipinski definition) is 11. The number of nitrogens with zero attached hydrogens (tertiary/aromatic N) is 3. The smallest absolute Gasteiger partial charge is 0.335 e. The van der Waals surface area contributed by atoms with E-state index in [9.17, 15) is 25.1 Å². The van der Waals surface area contributed by atoms with Crippen molar-refractivity contribution in [2.75, 3.05) is 32.8 Å². The molecular formula is C42H49ClN4O9. The lowest BCUT2D eigenvalue weighted by molar-refractivity contribution is -0.163. The van der Waals surface area contributed by atoms with Gasteiger partial charge in [0.25, 0.3) is 0 Å². The molecule has 0 aliphatic carbocycles. The first-order valence-corrected chi connectivity index (χ1v) is 18.6. The highest BCUT2D eigenvalue weighted by atomic mass is 35.5. The number of likely N-dealkylation sites (tertiary alicyclic amines) is 1. The molecule has 1 saturated heterocycles. The number of carbonyl (C=O) groups is 2. The third kappa shape index (κ3) is 11.6. The normalized spacial score (nSPS) is 14.1.